The number of hydrogen-bond acceptors (Lipinski definition) is 3. The highest BCUT2D eigenvalue weighted by Crippen LogP contribution is 2.21. The summed E-state index contributed by atoms with van der Waals surface area (Å²) < 4.78 is 5.30. The third-order valence-electron chi connectivity index (χ3n) is 3.53. The van der Waals surface area contributed by atoms with Crippen LogP contribution in [0.15, 0.2) is 30.3 Å². The fourth-order valence-corrected chi connectivity index (χ4v) is 2.26. The molecule has 1 aliphatic heterocycles. The first kappa shape index (κ1) is 13.9. The zero-order valence-corrected chi connectivity index (χ0v) is 11.3. The molecule has 104 valence electrons. The number of nitrogens with zero attached hydrogens (tertiary/aromatic N) is 1. The SMILES string of the molecule is CC1(O)CCCN(C(=O)OCc2ccccc2)CC1. The highest BCUT2D eigenvalue weighted by molar-refractivity contribution is 5.67. The van der Waals surface area contributed by atoms with Gasteiger partial charge in [0.15, 0.2) is 0 Å². The number of hydrogen-bond donors (Lipinski definition) is 1. The van der Waals surface area contributed by atoms with Gasteiger partial charge in [0, 0.05) is 13.1 Å². The van der Waals surface area contributed by atoms with Crippen LogP contribution in [0.3, 0.4) is 0 Å². The first-order valence-corrected chi connectivity index (χ1v) is 6.75. The number of likely N-dealkylation sites (tertiary alicyclic amines) is 1. The molecule has 1 heterocycles. The molecule has 0 aromatic heterocycles. The fourth-order valence-electron chi connectivity index (χ4n) is 2.26. The Morgan fingerprint density at radius 1 is 1.32 bits per heavy atom. The predicted molar refractivity (Wildman–Crippen MR) is 72.7 cm³/mol. The molecule has 1 atom stereocenters. The molecule has 1 aromatic carbocycles. The number of aliphatic hydroxyl groups is 1. The first-order chi connectivity index (χ1) is 9.07. The molecule has 19 heavy (non-hydrogen) atoms. The first-order valence-electron chi connectivity index (χ1n) is 6.75. The van der Waals surface area contributed by atoms with Gasteiger partial charge in [-0.25, -0.2) is 4.79 Å². The minimum Gasteiger partial charge on any atom is -0.445 e. The normalized spacial score (nSPS) is 23.8. The van der Waals surface area contributed by atoms with Crippen LogP contribution in [0.5, 0.6) is 0 Å². The fraction of sp³-hybridized carbons (Fsp3) is 0.533. The molecule has 1 fully saturated rings. The van der Waals surface area contributed by atoms with E-state index in [4.69, 9.17) is 4.74 Å². The molecule has 0 bridgehead atoms. The molecular weight excluding hydrogens is 242 g/mol. The van der Waals surface area contributed by atoms with Crippen molar-refractivity contribution < 1.29 is 14.6 Å². The lowest BCUT2D eigenvalue weighted by atomic mass is 9.98. The summed E-state index contributed by atoms with van der Waals surface area (Å²) in [5.41, 5.74) is 0.326. The molecule has 1 unspecified atom stereocenters. The van der Waals surface area contributed by atoms with Crippen LogP contribution in [0.25, 0.3) is 0 Å². The van der Waals surface area contributed by atoms with E-state index in [1.54, 1.807) is 4.90 Å². The Hall–Kier alpha value is -1.55. The summed E-state index contributed by atoms with van der Waals surface area (Å²) in [5, 5.41) is 9.98. The Kier molecular flexibility index (Phi) is 4.43. The summed E-state index contributed by atoms with van der Waals surface area (Å²) in [6, 6.07) is 9.64. The van der Waals surface area contributed by atoms with E-state index >= 15 is 0 Å². The quantitative estimate of drug-likeness (QED) is 0.892. The molecule has 2 rings (SSSR count). The average Bonchev–Trinajstić information content (AvgIpc) is 2.58. The van der Waals surface area contributed by atoms with Gasteiger partial charge < -0.3 is 14.7 Å². The van der Waals surface area contributed by atoms with E-state index in [9.17, 15) is 9.90 Å². The van der Waals surface area contributed by atoms with Crippen LogP contribution in [-0.4, -0.2) is 34.8 Å². The minimum atomic E-state index is -0.658. The van der Waals surface area contributed by atoms with Crippen molar-refractivity contribution in [1.29, 1.82) is 0 Å². The van der Waals surface area contributed by atoms with Gasteiger partial charge in [-0.15, -0.1) is 0 Å². The van der Waals surface area contributed by atoms with Crippen molar-refractivity contribution in [2.45, 2.75) is 38.4 Å². The van der Waals surface area contributed by atoms with E-state index < -0.39 is 5.60 Å². The molecule has 1 saturated heterocycles. The van der Waals surface area contributed by atoms with Gasteiger partial charge in [-0.2, -0.15) is 0 Å². The van der Waals surface area contributed by atoms with Crippen molar-refractivity contribution in [3.63, 3.8) is 0 Å². The maximum Gasteiger partial charge on any atom is 0.410 e. The smallest absolute Gasteiger partial charge is 0.410 e. The molecule has 1 N–H and O–H groups in total. The summed E-state index contributed by atoms with van der Waals surface area (Å²) in [4.78, 5) is 13.6. The zero-order chi connectivity index (χ0) is 13.7. The second-order valence-electron chi connectivity index (χ2n) is 5.38. The van der Waals surface area contributed by atoms with Gasteiger partial charge in [-0.05, 0) is 31.7 Å². The maximum atomic E-state index is 12.0. The number of carbonyl (C=O) groups excluding carboxylic acids is 1. The van der Waals surface area contributed by atoms with E-state index in [-0.39, 0.29) is 6.09 Å². The predicted octanol–water partition coefficient (Wildman–Crippen LogP) is 2.56. The van der Waals surface area contributed by atoms with Crippen molar-refractivity contribution in [2.24, 2.45) is 0 Å². The van der Waals surface area contributed by atoms with Crippen LogP contribution >= 0.6 is 0 Å². The molecular formula is C15H21NO3. The molecule has 0 radical (unpaired) electrons. The lowest BCUT2D eigenvalue weighted by molar-refractivity contribution is 0.0434. The topological polar surface area (TPSA) is 49.8 Å². The third-order valence-corrected chi connectivity index (χ3v) is 3.53. The molecule has 0 saturated carbocycles. The molecule has 4 nitrogen and oxygen atoms in total. The highest BCUT2D eigenvalue weighted by atomic mass is 16.6. The van der Waals surface area contributed by atoms with Crippen LogP contribution in [0.1, 0.15) is 31.7 Å². The van der Waals surface area contributed by atoms with E-state index in [0.717, 1.165) is 18.4 Å². The molecule has 0 spiro atoms. The Morgan fingerprint density at radius 3 is 2.79 bits per heavy atom. The van der Waals surface area contributed by atoms with Gasteiger partial charge in [-0.1, -0.05) is 30.3 Å². The van der Waals surface area contributed by atoms with Crippen LogP contribution in [0, 0.1) is 0 Å². The van der Waals surface area contributed by atoms with Gasteiger partial charge >= 0.3 is 6.09 Å². The highest BCUT2D eigenvalue weighted by Gasteiger charge is 2.27. The lowest BCUT2D eigenvalue weighted by Crippen LogP contribution is -2.33. The van der Waals surface area contributed by atoms with Crippen LogP contribution in [-0.2, 0) is 11.3 Å². The van der Waals surface area contributed by atoms with Gasteiger partial charge in [0.1, 0.15) is 6.61 Å². The van der Waals surface area contributed by atoms with E-state index in [1.807, 2.05) is 37.3 Å². The van der Waals surface area contributed by atoms with E-state index in [1.165, 1.54) is 0 Å². The molecule has 4 heteroatoms. The monoisotopic (exact) mass is 263 g/mol. The maximum absolute atomic E-state index is 12.0. The summed E-state index contributed by atoms with van der Waals surface area (Å²) >= 11 is 0. The number of amides is 1. The van der Waals surface area contributed by atoms with Gasteiger partial charge in [0.25, 0.3) is 0 Å². The van der Waals surface area contributed by atoms with Gasteiger partial charge in [0.2, 0.25) is 0 Å². The van der Waals surface area contributed by atoms with Crippen molar-refractivity contribution in [2.75, 3.05) is 13.1 Å². The number of carbonyl (C=O) groups is 1. The molecule has 1 amide bonds. The number of ether oxygens (including phenoxy) is 1. The Morgan fingerprint density at radius 2 is 2.05 bits per heavy atom. The second kappa shape index (κ2) is 6.06. The average molecular weight is 263 g/mol. The van der Waals surface area contributed by atoms with Crippen LogP contribution in [0.4, 0.5) is 4.79 Å². The summed E-state index contributed by atoms with van der Waals surface area (Å²) in [6.07, 6.45) is 1.86. The summed E-state index contributed by atoms with van der Waals surface area (Å²) in [7, 11) is 0. The summed E-state index contributed by atoms with van der Waals surface area (Å²) in [5.74, 6) is 0. The Labute approximate surface area is 114 Å². The van der Waals surface area contributed by atoms with Crippen molar-refractivity contribution >= 4 is 6.09 Å². The van der Waals surface area contributed by atoms with Crippen LogP contribution in [0.2, 0.25) is 0 Å². The van der Waals surface area contributed by atoms with E-state index in [2.05, 4.69) is 0 Å². The number of rotatable bonds is 2. The molecule has 1 aromatic rings. The largest absolute Gasteiger partial charge is 0.445 e. The van der Waals surface area contributed by atoms with Gasteiger partial charge in [0.05, 0.1) is 5.60 Å². The van der Waals surface area contributed by atoms with Crippen molar-refractivity contribution in [3.8, 4) is 0 Å². The van der Waals surface area contributed by atoms with Gasteiger partial charge in [-0.3, -0.25) is 0 Å². The molecule has 1 aliphatic rings. The minimum absolute atomic E-state index is 0.290. The van der Waals surface area contributed by atoms with Crippen molar-refractivity contribution in [3.05, 3.63) is 35.9 Å². The Balaban J connectivity index is 1.83. The zero-order valence-electron chi connectivity index (χ0n) is 11.3. The standard InChI is InChI=1S/C15H21NO3/c1-15(18)8-5-10-16(11-9-15)14(17)19-12-13-6-3-2-4-7-13/h2-4,6-7,18H,5,8-12H2,1H3. The lowest BCUT2D eigenvalue weighted by Gasteiger charge is -2.22. The van der Waals surface area contributed by atoms with Crippen molar-refractivity contribution in [1.82, 2.24) is 4.90 Å². The second-order valence-corrected chi connectivity index (χ2v) is 5.38. The summed E-state index contributed by atoms with van der Waals surface area (Å²) in [6.45, 7) is 3.34. The third kappa shape index (κ3) is 4.24. The van der Waals surface area contributed by atoms with Crippen LogP contribution < -0.4 is 0 Å². The van der Waals surface area contributed by atoms with E-state index in [0.29, 0.717) is 26.1 Å². The number of benzene rings is 1. The Bertz CT molecular complexity index is 417. The molecule has 0 aliphatic carbocycles.